The number of hydrogen-bond acceptors (Lipinski definition) is 5. The van der Waals surface area contributed by atoms with Crippen LogP contribution in [-0.2, 0) is 6.54 Å². The molecule has 0 spiro atoms. The molecule has 0 N–H and O–H groups in total. The van der Waals surface area contributed by atoms with Crippen molar-refractivity contribution in [1.82, 2.24) is 9.80 Å². The highest BCUT2D eigenvalue weighted by atomic mass is 16.5. The maximum atomic E-state index is 5.69. The van der Waals surface area contributed by atoms with Crippen molar-refractivity contribution < 1.29 is 14.2 Å². The largest absolute Gasteiger partial charge is 0.496 e. The monoisotopic (exact) mass is 446 g/mol. The number of ether oxygens (including phenoxy) is 3. The Morgan fingerprint density at radius 3 is 1.85 bits per heavy atom. The predicted octanol–water partition coefficient (Wildman–Crippen LogP) is 4.66. The van der Waals surface area contributed by atoms with Crippen LogP contribution in [0.25, 0.3) is 0 Å². The fourth-order valence-corrected chi connectivity index (χ4v) is 4.88. The minimum Gasteiger partial charge on any atom is -0.496 e. The van der Waals surface area contributed by atoms with E-state index in [0.717, 1.165) is 43.2 Å². The lowest BCUT2D eigenvalue weighted by molar-refractivity contribution is 0.0810. The van der Waals surface area contributed by atoms with E-state index in [2.05, 4.69) is 77.5 Å². The molecule has 174 valence electrons. The van der Waals surface area contributed by atoms with E-state index >= 15 is 0 Å². The second-order valence-electron chi connectivity index (χ2n) is 8.60. The van der Waals surface area contributed by atoms with Crippen LogP contribution in [0.4, 0.5) is 0 Å². The van der Waals surface area contributed by atoms with Crippen molar-refractivity contribution in [2.45, 2.75) is 18.5 Å². The molecule has 0 amide bonds. The lowest BCUT2D eigenvalue weighted by Crippen LogP contribution is -2.53. The van der Waals surface area contributed by atoms with Gasteiger partial charge in [-0.1, -0.05) is 60.7 Å². The first-order valence-electron chi connectivity index (χ1n) is 11.5. The maximum absolute atomic E-state index is 5.69. The van der Waals surface area contributed by atoms with Gasteiger partial charge in [0.2, 0.25) is 0 Å². The van der Waals surface area contributed by atoms with Crippen LogP contribution in [0.3, 0.4) is 0 Å². The summed E-state index contributed by atoms with van der Waals surface area (Å²) in [4.78, 5) is 5.03. The molecule has 5 nitrogen and oxygen atoms in total. The summed E-state index contributed by atoms with van der Waals surface area (Å²) in [7, 11) is 7.27. The van der Waals surface area contributed by atoms with Crippen LogP contribution in [-0.4, -0.2) is 63.9 Å². The second-order valence-corrected chi connectivity index (χ2v) is 8.60. The molecule has 33 heavy (non-hydrogen) atoms. The van der Waals surface area contributed by atoms with Crippen molar-refractivity contribution >= 4 is 0 Å². The minimum atomic E-state index is 0.299. The first-order chi connectivity index (χ1) is 16.1. The minimum absolute atomic E-state index is 0.299. The van der Waals surface area contributed by atoms with E-state index in [4.69, 9.17) is 14.2 Å². The molecule has 0 saturated carbocycles. The van der Waals surface area contributed by atoms with Gasteiger partial charge in [0.05, 0.1) is 21.3 Å². The summed E-state index contributed by atoms with van der Waals surface area (Å²) < 4.78 is 16.7. The van der Waals surface area contributed by atoms with Gasteiger partial charge >= 0.3 is 0 Å². The van der Waals surface area contributed by atoms with Gasteiger partial charge in [-0.05, 0) is 24.2 Å². The quantitative estimate of drug-likeness (QED) is 0.503. The molecule has 4 rings (SSSR count). The molecule has 5 heteroatoms. The van der Waals surface area contributed by atoms with Crippen LogP contribution in [0.5, 0.6) is 17.2 Å². The van der Waals surface area contributed by atoms with Gasteiger partial charge in [0.25, 0.3) is 0 Å². The van der Waals surface area contributed by atoms with Crippen LogP contribution >= 0.6 is 0 Å². The third-order valence-corrected chi connectivity index (χ3v) is 6.66. The first-order valence-corrected chi connectivity index (χ1v) is 11.5. The van der Waals surface area contributed by atoms with E-state index in [1.54, 1.807) is 21.3 Å². The average molecular weight is 447 g/mol. The average Bonchev–Trinajstić information content (AvgIpc) is 2.87. The molecule has 3 aromatic rings. The van der Waals surface area contributed by atoms with E-state index in [-0.39, 0.29) is 0 Å². The fourth-order valence-electron chi connectivity index (χ4n) is 4.88. The Morgan fingerprint density at radius 1 is 0.758 bits per heavy atom. The van der Waals surface area contributed by atoms with Crippen LogP contribution < -0.4 is 14.2 Å². The Labute approximate surface area is 197 Å². The van der Waals surface area contributed by atoms with Crippen molar-refractivity contribution in [2.24, 2.45) is 0 Å². The molecule has 0 radical (unpaired) electrons. The fraction of sp³-hybridized carbons (Fsp3) is 0.357. The topological polar surface area (TPSA) is 34.2 Å². The van der Waals surface area contributed by atoms with E-state index in [9.17, 15) is 0 Å². The Kier molecular flexibility index (Phi) is 7.53. The number of methoxy groups -OCH3 is 3. The third-order valence-electron chi connectivity index (χ3n) is 6.66. The highest BCUT2D eigenvalue weighted by Gasteiger charge is 2.33. The summed E-state index contributed by atoms with van der Waals surface area (Å²) in [6.07, 6.45) is 0. The predicted molar refractivity (Wildman–Crippen MR) is 133 cm³/mol. The number of hydrogen-bond donors (Lipinski definition) is 0. The number of piperazine rings is 1. The van der Waals surface area contributed by atoms with E-state index < -0.39 is 0 Å². The van der Waals surface area contributed by atoms with Gasteiger partial charge in [-0.15, -0.1) is 0 Å². The summed E-state index contributed by atoms with van der Waals surface area (Å²) in [6.45, 7) is 3.77. The zero-order valence-electron chi connectivity index (χ0n) is 20.0. The van der Waals surface area contributed by atoms with Crippen molar-refractivity contribution in [3.05, 3.63) is 89.5 Å². The summed E-state index contributed by atoms with van der Waals surface area (Å²) in [6, 6.07) is 26.1. The van der Waals surface area contributed by atoms with Gasteiger partial charge in [-0.2, -0.15) is 0 Å². The number of nitrogens with zero attached hydrogens (tertiary/aromatic N) is 2. The standard InChI is InChI=1S/C28H34N2O3/c1-29-15-16-30(19-23-17-26(32-3)27(33-4)18-25(23)31-2)20-24(29)28(21-11-7-5-8-12-21)22-13-9-6-10-14-22/h5-14,17-18,24,28H,15-16,19-20H2,1-4H3. The van der Waals surface area contributed by atoms with Gasteiger partial charge in [0, 0.05) is 49.8 Å². The molecular weight excluding hydrogens is 412 g/mol. The molecule has 1 fully saturated rings. The molecule has 1 heterocycles. The van der Waals surface area contributed by atoms with Crippen LogP contribution in [0, 0.1) is 0 Å². The van der Waals surface area contributed by atoms with E-state index in [1.807, 2.05) is 12.1 Å². The lowest BCUT2D eigenvalue weighted by atomic mass is 9.83. The molecule has 1 unspecified atom stereocenters. The highest BCUT2D eigenvalue weighted by Crippen LogP contribution is 2.37. The van der Waals surface area contributed by atoms with Gasteiger partial charge < -0.3 is 14.2 Å². The summed E-state index contributed by atoms with van der Waals surface area (Å²) in [5.41, 5.74) is 3.81. The van der Waals surface area contributed by atoms with Crippen molar-refractivity contribution in [3.8, 4) is 17.2 Å². The summed E-state index contributed by atoms with van der Waals surface area (Å²) in [5.74, 6) is 2.53. The molecule has 0 aromatic heterocycles. The van der Waals surface area contributed by atoms with Crippen LogP contribution in [0.15, 0.2) is 72.8 Å². The van der Waals surface area contributed by atoms with Gasteiger partial charge in [-0.3, -0.25) is 9.80 Å². The van der Waals surface area contributed by atoms with Gasteiger partial charge in [-0.25, -0.2) is 0 Å². The van der Waals surface area contributed by atoms with Crippen LogP contribution in [0.2, 0.25) is 0 Å². The lowest BCUT2D eigenvalue weighted by Gasteiger charge is -2.43. The molecule has 3 aromatic carbocycles. The number of likely N-dealkylation sites (N-methyl/N-ethyl adjacent to an activating group) is 1. The van der Waals surface area contributed by atoms with Crippen molar-refractivity contribution in [2.75, 3.05) is 48.0 Å². The number of rotatable bonds is 8. The molecule has 0 bridgehead atoms. The smallest absolute Gasteiger partial charge is 0.164 e. The molecule has 1 aliphatic rings. The van der Waals surface area contributed by atoms with Crippen molar-refractivity contribution in [1.29, 1.82) is 0 Å². The summed E-state index contributed by atoms with van der Waals surface area (Å²) >= 11 is 0. The second kappa shape index (κ2) is 10.7. The zero-order chi connectivity index (χ0) is 23.2. The maximum Gasteiger partial charge on any atom is 0.164 e. The Balaban J connectivity index is 1.63. The molecule has 1 aliphatic heterocycles. The SMILES string of the molecule is COc1cc(OC)c(OC)cc1CN1CCN(C)C(C(c2ccccc2)c2ccccc2)C1. The first kappa shape index (κ1) is 23.1. The van der Waals surface area contributed by atoms with E-state index in [1.165, 1.54) is 11.1 Å². The third kappa shape index (κ3) is 5.15. The molecule has 1 saturated heterocycles. The Bertz CT molecular complexity index is 987. The normalized spacial score (nSPS) is 17.2. The number of benzene rings is 3. The van der Waals surface area contributed by atoms with Crippen molar-refractivity contribution in [3.63, 3.8) is 0 Å². The Morgan fingerprint density at radius 2 is 1.30 bits per heavy atom. The zero-order valence-corrected chi connectivity index (χ0v) is 20.0. The van der Waals surface area contributed by atoms with Gasteiger partial charge in [0.1, 0.15) is 5.75 Å². The van der Waals surface area contributed by atoms with E-state index in [0.29, 0.717) is 17.7 Å². The van der Waals surface area contributed by atoms with Gasteiger partial charge in [0.15, 0.2) is 11.5 Å². The highest BCUT2D eigenvalue weighted by molar-refractivity contribution is 5.50. The Hall–Kier alpha value is -3.02. The van der Waals surface area contributed by atoms with Crippen LogP contribution in [0.1, 0.15) is 22.6 Å². The molecule has 1 atom stereocenters. The molecular formula is C28H34N2O3. The summed E-state index contributed by atoms with van der Waals surface area (Å²) in [5, 5.41) is 0. The molecule has 0 aliphatic carbocycles.